The van der Waals surface area contributed by atoms with Crippen molar-refractivity contribution in [1.82, 2.24) is 40.5 Å². The number of rotatable bonds is 22. The van der Waals surface area contributed by atoms with Gasteiger partial charge in [0.2, 0.25) is 23.6 Å². The SMILES string of the molecule is Cc1ncsc1-c1ccc(CNC(=O)[C@@H]2C[C@@H](O)CN2C(=O)C(NC(=O)CCCCCCCCC(=O)N2CCN(CCOc3ccc(N4C5CCC4CN(c4cc(-c6ccccc6O)nnc4N)C5)cc3)CC2)C(C)(C)C)cc1. The molecule has 422 valence electrons. The predicted octanol–water partition coefficient (Wildman–Crippen LogP) is 7.17. The Labute approximate surface area is 468 Å². The molecule has 18 nitrogen and oxygen atoms in total. The standard InChI is InChI=1S/C60H79N11O7S/c1-40-55(79-39-63-40)42-19-17-41(18-20-42)35-62-58(76)51-33-46(72)38-70(51)59(77)56(60(2,3)4)64-53(74)15-9-7-5-6-8-10-16-54(75)68-29-27-67(28-30-68)31-32-78-47-25-23-43(24-26-47)71-44-21-22-45(71)37-69(36-44)50-34-49(65-66-57(50)61)48-13-11-12-14-52(48)73/h11-14,17-20,23-26,34,39,44-46,51,56,72-73H,5-10,15-16,21-22,27-33,35-38H2,1-4H3,(H2,61,66)(H,62,76)(H,64,74)/t44?,45?,46-,51+,56?/m1/s1. The van der Waals surface area contributed by atoms with Gasteiger partial charge >= 0.3 is 0 Å². The van der Waals surface area contributed by atoms with Gasteiger partial charge in [-0.15, -0.1) is 21.5 Å². The van der Waals surface area contributed by atoms with Gasteiger partial charge in [0.05, 0.1) is 33.6 Å². The third-order valence-corrected chi connectivity index (χ3v) is 17.1. The average molecular weight is 1100 g/mol. The zero-order valence-electron chi connectivity index (χ0n) is 46.3. The van der Waals surface area contributed by atoms with E-state index in [0.29, 0.717) is 48.6 Å². The Morgan fingerprint density at radius 1 is 0.848 bits per heavy atom. The minimum Gasteiger partial charge on any atom is -0.507 e. The lowest BCUT2D eigenvalue weighted by Crippen LogP contribution is -2.57. The number of nitrogens with two attached hydrogens (primary N) is 1. The van der Waals surface area contributed by atoms with Crippen LogP contribution < -0.4 is 30.9 Å². The van der Waals surface area contributed by atoms with Crippen molar-refractivity contribution in [1.29, 1.82) is 0 Å². The van der Waals surface area contributed by atoms with Crippen LogP contribution in [0.15, 0.2) is 84.4 Å². The number of likely N-dealkylation sites (tertiary alicyclic amines) is 1. The number of anilines is 3. The number of nitrogens with one attached hydrogen (secondary N) is 2. The quantitative estimate of drug-likeness (QED) is 0.0434. The predicted molar refractivity (Wildman–Crippen MR) is 309 cm³/mol. The second-order valence-electron chi connectivity index (χ2n) is 22.8. The van der Waals surface area contributed by atoms with Crippen LogP contribution in [-0.4, -0.2) is 153 Å². The zero-order valence-corrected chi connectivity index (χ0v) is 47.1. The van der Waals surface area contributed by atoms with Crippen LogP contribution in [0.4, 0.5) is 17.2 Å². The monoisotopic (exact) mass is 1100 g/mol. The van der Waals surface area contributed by atoms with Crippen molar-refractivity contribution in [2.24, 2.45) is 5.41 Å². The highest BCUT2D eigenvalue weighted by Gasteiger charge is 2.45. The lowest BCUT2D eigenvalue weighted by molar-refractivity contribution is -0.144. The maximum atomic E-state index is 14.1. The van der Waals surface area contributed by atoms with Crippen molar-refractivity contribution in [2.75, 3.05) is 74.5 Å². The first-order valence-corrected chi connectivity index (χ1v) is 29.2. The smallest absolute Gasteiger partial charge is 0.246 e. The number of unbranched alkanes of at least 4 members (excludes halogenated alkanes) is 5. The molecule has 0 spiro atoms. The van der Waals surface area contributed by atoms with E-state index in [1.54, 1.807) is 23.5 Å². The summed E-state index contributed by atoms with van der Waals surface area (Å²) in [6.45, 7) is 14.0. The fourth-order valence-electron chi connectivity index (χ4n) is 11.7. The van der Waals surface area contributed by atoms with E-state index in [4.69, 9.17) is 10.5 Å². The van der Waals surface area contributed by atoms with Gasteiger partial charge in [-0.3, -0.25) is 24.1 Å². The van der Waals surface area contributed by atoms with Gasteiger partial charge in [0, 0.05) is 101 Å². The summed E-state index contributed by atoms with van der Waals surface area (Å²) in [4.78, 5) is 70.0. The number of aliphatic hydroxyl groups excluding tert-OH is 1. The highest BCUT2D eigenvalue weighted by atomic mass is 32.1. The number of hydrogen-bond donors (Lipinski definition) is 5. The second-order valence-corrected chi connectivity index (χ2v) is 23.7. The summed E-state index contributed by atoms with van der Waals surface area (Å²) >= 11 is 1.58. The van der Waals surface area contributed by atoms with Gasteiger partial charge in [0.1, 0.15) is 30.2 Å². The first kappa shape index (κ1) is 56.9. The van der Waals surface area contributed by atoms with Gasteiger partial charge in [-0.2, -0.15) is 0 Å². The van der Waals surface area contributed by atoms with Crippen molar-refractivity contribution in [3.63, 3.8) is 0 Å². The van der Waals surface area contributed by atoms with Crippen molar-refractivity contribution in [3.05, 3.63) is 95.6 Å². The molecule has 0 saturated carbocycles. The second kappa shape index (κ2) is 26.0. The molecule has 3 aromatic carbocycles. The summed E-state index contributed by atoms with van der Waals surface area (Å²) in [5.41, 5.74) is 13.8. The molecule has 2 aromatic heterocycles. The summed E-state index contributed by atoms with van der Waals surface area (Å²) in [5.74, 6) is 0.691. The Kier molecular flexibility index (Phi) is 18.7. The normalized spacial score (nSPS) is 19.9. The molecule has 4 aliphatic heterocycles. The number of nitrogens with zero attached hydrogens (tertiary/aromatic N) is 8. The molecule has 3 unspecified atom stereocenters. The number of piperazine rings is 2. The molecule has 4 fully saturated rings. The molecule has 0 aliphatic carbocycles. The highest BCUT2D eigenvalue weighted by Crippen LogP contribution is 2.40. The molecule has 2 bridgehead atoms. The van der Waals surface area contributed by atoms with Gasteiger partial charge in [-0.05, 0) is 91.6 Å². The van der Waals surface area contributed by atoms with Crippen LogP contribution in [0.2, 0.25) is 0 Å². The number of amides is 4. The molecule has 6 heterocycles. The average Bonchev–Trinajstić information content (AvgIpc) is 4.24. The van der Waals surface area contributed by atoms with Crippen LogP contribution in [0.3, 0.4) is 0 Å². The largest absolute Gasteiger partial charge is 0.507 e. The van der Waals surface area contributed by atoms with Gasteiger partial charge in [-0.1, -0.05) is 82.9 Å². The number of aromatic nitrogens is 3. The molecular weight excluding hydrogens is 1020 g/mol. The molecule has 5 aromatic rings. The van der Waals surface area contributed by atoms with Gasteiger partial charge < -0.3 is 50.9 Å². The number of carbonyl (C=O) groups excluding carboxylic acids is 4. The number of aryl methyl sites for hydroxylation is 1. The lowest BCUT2D eigenvalue weighted by atomic mass is 9.85. The first-order valence-electron chi connectivity index (χ1n) is 28.3. The number of phenols is 1. The Morgan fingerprint density at radius 3 is 2.20 bits per heavy atom. The third-order valence-electron chi connectivity index (χ3n) is 16.1. The number of hydrogen-bond acceptors (Lipinski definition) is 15. The van der Waals surface area contributed by atoms with E-state index in [1.165, 1.54) is 10.6 Å². The minimum atomic E-state index is -0.863. The van der Waals surface area contributed by atoms with Crippen LogP contribution in [0.5, 0.6) is 11.5 Å². The summed E-state index contributed by atoms with van der Waals surface area (Å²) in [6, 6.07) is 24.4. The van der Waals surface area contributed by atoms with E-state index < -0.39 is 23.6 Å². The zero-order chi connectivity index (χ0) is 55.6. The summed E-state index contributed by atoms with van der Waals surface area (Å²) < 4.78 is 6.20. The van der Waals surface area contributed by atoms with Crippen molar-refractivity contribution in [3.8, 4) is 33.2 Å². The molecule has 4 saturated heterocycles. The number of carbonyl (C=O) groups is 4. The molecule has 0 radical (unpaired) electrons. The first-order chi connectivity index (χ1) is 38.1. The van der Waals surface area contributed by atoms with Crippen LogP contribution in [-0.2, 0) is 25.7 Å². The number of para-hydroxylation sites is 1. The number of phenolic OH excluding ortho intramolecular Hbond substituents is 1. The maximum absolute atomic E-state index is 14.1. The Bertz CT molecular complexity index is 2860. The summed E-state index contributed by atoms with van der Waals surface area (Å²) in [5, 5.41) is 35.5. The molecule has 6 N–H and O–H groups in total. The summed E-state index contributed by atoms with van der Waals surface area (Å²) in [6.07, 6.45) is 7.59. The lowest BCUT2D eigenvalue weighted by Gasteiger charge is -2.43. The molecule has 5 atom stereocenters. The van der Waals surface area contributed by atoms with Crippen LogP contribution >= 0.6 is 11.3 Å². The number of ether oxygens (including phenoxy) is 1. The number of thiazole rings is 1. The number of fused-ring (bicyclic) bond motifs is 2. The van der Waals surface area contributed by atoms with E-state index in [-0.39, 0.29) is 55.3 Å². The van der Waals surface area contributed by atoms with Crippen molar-refractivity contribution >= 4 is 52.2 Å². The topological polar surface area (TPSA) is 223 Å². The molecule has 19 heteroatoms. The number of benzene rings is 3. The molecule has 9 rings (SSSR count). The number of aliphatic hydroxyl groups is 1. The van der Waals surface area contributed by atoms with Crippen molar-refractivity contribution in [2.45, 2.75) is 135 Å². The van der Waals surface area contributed by atoms with E-state index in [2.05, 4.69) is 64.8 Å². The van der Waals surface area contributed by atoms with Crippen LogP contribution in [0.1, 0.15) is 103 Å². The van der Waals surface area contributed by atoms with Crippen LogP contribution in [0.25, 0.3) is 21.7 Å². The van der Waals surface area contributed by atoms with Gasteiger partial charge in [0.25, 0.3) is 0 Å². The minimum absolute atomic E-state index is 0.0260. The fraction of sp³-hybridized carbons (Fsp3) is 0.517. The van der Waals surface area contributed by atoms with E-state index in [9.17, 15) is 29.4 Å². The van der Waals surface area contributed by atoms with Gasteiger partial charge in [0.15, 0.2) is 5.82 Å². The number of nitrogen functional groups attached to an aromatic ring is 1. The maximum Gasteiger partial charge on any atom is 0.246 e. The number of β-amino-alcohol motifs (C(OH)–C–C–N with tert-alkyl or cyclic N) is 1. The Morgan fingerprint density at radius 2 is 1.53 bits per heavy atom. The van der Waals surface area contributed by atoms with Gasteiger partial charge in [-0.25, -0.2) is 4.98 Å². The van der Waals surface area contributed by atoms with Crippen molar-refractivity contribution < 1.29 is 34.1 Å². The third kappa shape index (κ3) is 14.3. The van der Waals surface area contributed by atoms with E-state index in [0.717, 1.165) is 124 Å². The van der Waals surface area contributed by atoms with E-state index in [1.807, 2.05) is 80.6 Å². The molecule has 4 aliphatic rings. The van der Waals surface area contributed by atoms with E-state index >= 15 is 0 Å². The highest BCUT2D eigenvalue weighted by molar-refractivity contribution is 7.13. The molecular formula is C60H79N11O7S. The Balaban J connectivity index is 0.618. The molecule has 4 amide bonds. The summed E-state index contributed by atoms with van der Waals surface area (Å²) in [7, 11) is 0. The Hall–Kier alpha value is -6.83. The van der Waals surface area contributed by atoms with Crippen LogP contribution in [0, 0.1) is 12.3 Å². The number of aromatic hydroxyl groups is 1. The molecule has 79 heavy (non-hydrogen) atoms. The fourth-order valence-corrected chi connectivity index (χ4v) is 12.5.